The van der Waals surface area contributed by atoms with E-state index in [1.807, 2.05) is 0 Å². The van der Waals surface area contributed by atoms with Gasteiger partial charge in [-0.25, -0.2) is 0 Å². The number of hydrogen-bond donors (Lipinski definition) is 2. The Hall–Kier alpha value is -0.0800. The molecule has 0 saturated heterocycles. The van der Waals surface area contributed by atoms with Gasteiger partial charge in [0.1, 0.15) is 0 Å². The monoisotopic (exact) mass is 185 g/mol. The zero-order valence-corrected chi connectivity index (χ0v) is 8.76. The van der Waals surface area contributed by atoms with Crippen LogP contribution in [0.4, 0.5) is 0 Å². The van der Waals surface area contributed by atoms with Crippen molar-refractivity contribution in [3.8, 4) is 0 Å². The molecule has 13 heavy (non-hydrogen) atoms. The van der Waals surface area contributed by atoms with Crippen molar-refractivity contribution in [2.24, 2.45) is 5.92 Å². The van der Waals surface area contributed by atoms with Crippen LogP contribution in [0.15, 0.2) is 0 Å². The van der Waals surface area contributed by atoms with Crippen LogP contribution in [0.2, 0.25) is 0 Å². The van der Waals surface area contributed by atoms with Crippen LogP contribution in [0.5, 0.6) is 0 Å². The summed E-state index contributed by atoms with van der Waals surface area (Å²) in [5, 5.41) is 13.0. The van der Waals surface area contributed by atoms with Gasteiger partial charge < -0.3 is 10.4 Å². The fraction of sp³-hybridized carbons (Fsp3) is 1.00. The van der Waals surface area contributed by atoms with Crippen molar-refractivity contribution in [2.75, 3.05) is 13.1 Å². The minimum atomic E-state index is -0.0290. The van der Waals surface area contributed by atoms with Gasteiger partial charge >= 0.3 is 0 Å². The first-order chi connectivity index (χ1) is 6.34. The van der Waals surface area contributed by atoms with Gasteiger partial charge in [0.25, 0.3) is 0 Å². The van der Waals surface area contributed by atoms with E-state index in [2.05, 4.69) is 12.2 Å². The molecular formula is C11H23NO. The van der Waals surface area contributed by atoms with Crippen molar-refractivity contribution in [1.29, 1.82) is 0 Å². The molecule has 1 aliphatic rings. The van der Waals surface area contributed by atoms with E-state index in [0.29, 0.717) is 5.92 Å². The molecule has 0 aliphatic heterocycles. The van der Waals surface area contributed by atoms with Gasteiger partial charge in [-0.1, -0.05) is 26.2 Å². The molecule has 0 radical (unpaired) electrons. The molecule has 2 N–H and O–H groups in total. The molecule has 0 amide bonds. The predicted molar refractivity (Wildman–Crippen MR) is 55.7 cm³/mol. The van der Waals surface area contributed by atoms with Crippen LogP contribution in [0.1, 0.15) is 45.4 Å². The summed E-state index contributed by atoms with van der Waals surface area (Å²) in [5.41, 5.74) is 0. The Morgan fingerprint density at radius 1 is 1.31 bits per heavy atom. The van der Waals surface area contributed by atoms with Crippen LogP contribution in [-0.2, 0) is 0 Å². The van der Waals surface area contributed by atoms with Gasteiger partial charge in [-0.15, -0.1) is 0 Å². The first-order valence-corrected chi connectivity index (χ1v) is 5.73. The van der Waals surface area contributed by atoms with Crippen LogP contribution in [0, 0.1) is 5.92 Å². The van der Waals surface area contributed by atoms with Crippen molar-refractivity contribution in [3.63, 3.8) is 0 Å². The van der Waals surface area contributed by atoms with Crippen molar-refractivity contribution in [1.82, 2.24) is 5.32 Å². The highest BCUT2D eigenvalue weighted by atomic mass is 16.3. The Morgan fingerprint density at radius 2 is 2.15 bits per heavy atom. The SMILES string of the molecule is CCCCCNCC1CCCC1O. The summed E-state index contributed by atoms with van der Waals surface area (Å²) in [5.74, 6) is 0.529. The van der Waals surface area contributed by atoms with Crippen molar-refractivity contribution in [2.45, 2.75) is 51.6 Å². The molecule has 2 heteroatoms. The fourth-order valence-electron chi connectivity index (χ4n) is 2.04. The normalized spacial score (nSPS) is 28.2. The Balaban J connectivity index is 1.93. The summed E-state index contributed by atoms with van der Waals surface area (Å²) in [6.07, 6.45) is 7.29. The van der Waals surface area contributed by atoms with E-state index in [4.69, 9.17) is 0 Å². The van der Waals surface area contributed by atoms with Crippen LogP contribution < -0.4 is 5.32 Å². The van der Waals surface area contributed by atoms with Crippen LogP contribution in [0.25, 0.3) is 0 Å². The van der Waals surface area contributed by atoms with E-state index in [1.54, 1.807) is 0 Å². The lowest BCUT2D eigenvalue weighted by molar-refractivity contribution is 0.131. The highest BCUT2D eigenvalue weighted by molar-refractivity contribution is 4.77. The van der Waals surface area contributed by atoms with Crippen molar-refractivity contribution < 1.29 is 5.11 Å². The molecule has 2 nitrogen and oxygen atoms in total. The molecule has 1 saturated carbocycles. The van der Waals surface area contributed by atoms with Gasteiger partial charge in [0.05, 0.1) is 6.10 Å². The quantitative estimate of drug-likeness (QED) is 0.620. The van der Waals surface area contributed by atoms with E-state index in [-0.39, 0.29) is 6.10 Å². The molecular weight excluding hydrogens is 162 g/mol. The lowest BCUT2D eigenvalue weighted by Gasteiger charge is -2.14. The molecule has 1 rings (SSSR count). The summed E-state index contributed by atoms with van der Waals surface area (Å²) in [7, 11) is 0. The summed E-state index contributed by atoms with van der Waals surface area (Å²) in [6, 6.07) is 0. The summed E-state index contributed by atoms with van der Waals surface area (Å²) >= 11 is 0. The third-order valence-electron chi connectivity index (χ3n) is 2.98. The average Bonchev–Trinajstić information content (AvgIpc) is 2.52. The number of rotatable bonds is 6. The minimum absolute atomic E-state index is 0.0290. The summed E-state index contributed by atoms with van der Waals surface area (Å²) in [4.78, 5) is 0. The number of nitrogens with one attached hydrogen (secondary N) is 1. The lowest BCUT2D eigenvalue weighted by Crippen LogP contribution is -2.28. The Kier molecular flexibility index (Phi) is 5.40. The van der Waals surface area contributed by atoms with Crippen LogP contribution in [-0.4, -0.2) is 24.3 Å². The molecule has 78 valence electrons. The first kappa shape index (κ1) is 11.0. The number of unbranched alkanes of at least 4 members (excludes halogenated alkanes) is 2. The Morgan fingerprint density at radius 3 is 2.77 bits per heavy atom. The second kappa shape index (κ2) is 6.39. The molecule has 1 fully saturated rings. The van der Waals surface area contributed by atoms with Crippen molar-refractivity contribution >= 4 is 0 Å². The van der Waals surface area contributed by atoms with E-state index >= 15 is 0 Å². The van der Waals surface area contributed by atoms with Gasteiger partial charge in [-0.2, -0.15) is 0 Å². The predicted octanol–water partition coefficient (Wildman–Crippen LogP) is 1.93. The number of aliphatic hydroxyl groups is 1. The first-order valence-electron chi connectivity index (χ1n) is 5.73. The molecule has 0 aromatic heterocycles. The molecule has 2 unspecified atom stereocenters. The molecule has 0 heterocycles. The Labute approximate surface area is 81.7 Å². The molecule has 0 aromatic rings. The smallest absolute Gasteiger partial charge is 0.0580 e. The van der Waals surface area contributed by atoms with Gasteiger partial charge in [-0.3, -0.25) is 0 Å². The average molecular weight is 185 g/mol. The standard InChI is InChI=1S/C11H23NO/c1-2-3-4-8-12-9-10-6-5-7-11(10)13/h10-13H,2-9H2,1H3. The maximum atomic E-state index is 9.55. The topological polar surface area (TPSA) is 32.3 Å². The second-order valence-corrected chi connectivity index (χ2v) is 4.17. The van der Waals surface area contributed by atoms with E-state index in [1.165, 1.54) is 32.1 Å². The van der Waals surface area contributed by atoms with Crippen LogP contribution >= 0.6 is 0 Å². The molecule has 0 aromatic carbocycles. The number of hydrogen-bond acceptors (Lipinski definition) is 2. The summed E-state index contributed by atoms with van der Waals surface area (Å²) < 4.78 is 0. The van der Waals surface area contributed by atoms with E-state index < -0.39 is 0 Å². The lowest BCUT2D eigenvalue weighted by atomic mass is 10.1. The van der Waals surface area contributed by atoms with Crippen molar-refractivity contribution in [3.05, 3.63) is 0 Å². The van der Waals surface area contributed by atoms with Gasteiger partial charge in [-0.05, 0) is 31.7 Å². The third-order valence-corrected chi connectivity index (χ3v) is 2.98. The molecule has 2 atom stereocenters. The maximum absolute atomic E-state index is 9.55. The molecule has 1 aliphatic carbocycles. The minimum Gasteiger partial charge on any atom is -0.393 e. The molecule has 0 spiro atoms. The van der Waals surface area contributed by atoms with E-state index in [0.717, 1.165) is 19.5 Å². The highest BCUT2D eigenvalue weighted by Gasteiger charge is 2.24. The second-order valence-electron chi connectivity index (χ2n) is 4.17. The highest BCUT2D eigenvalue weighted by Crippen LogP contribution is 2.24. The Bertz CT molecular complexity index is 127. The largest absolute Gasteiger partial charge is 0.393 e. The summed E-state index contributed by atoms with van der Waals surface area (Å²) in [6.45, 7) is 4.36. The van der Waals surface area contributed by atoms with Crippen LogP contribution in [0.3, 0.4) is 0 Å². The number of aliphatic hydroxyl groups excluding tert-OH is 1. The molecule has 0 bridgehead atoms. The third kappa shape index (κ3) is 4.10. The van der Waals surface area contributed by atoms with Gasteiger partial charge in [0.2, 0.25) is 0 Å². The van der Waals surface area contributed by atoms with Gasteiger partial charge in [0.15, 0.2) is 0 Å². The fourth-order valence-corrected chi connectivity index (χ4v) is 2.04. The zero-order valence-electron chi connectivity index (χ0n) is 8.76. The maximum Gasteiger partial charge on any atom is 0.0580 e. The van der Waals surface area contributed by atoms with Gasteiger partial charge in [0, 0.05) is 6.54 Å². The van der Waals surface area contributed by atoms with E-state index in [9.17, 15) is 5.11 Å². The zero-order chi connectivity index (χ0) is 9.52.